The van der Waals surface area contributed by atoms with Gasteiger partial charge in [-0.3, -0.25) is 9.80 Å². The number of halogens is 1. The number of anilines is 1. The minimum Gasteiger partial charge on any atom is -0.480 e. The standard InChI is InChI=1S/C14H18N4O2S.C10H11ClO2/c1-17-7-9(15)8-18(16)11-4-3-5-12-10(11)6-13(21-12)14(19)20-2;1-10(2,7-12)13-9-5-3-8(11)4-6-9/h3-6,8,17H,7,15-16H2,1-2H3;3-7H,1-2H3/b9-8-;. The van der Waals surface area contributed by atoms with Crippen LogP contribution in [0.4, 0.5) is 5.69 Å². The summed E-state index contributed by atoms with van der Waals surface area (Å²) in [6.45, 7) is 3.95. The van der Waals surface area contributed by atoms with Gasteiger partial charge in [0, 0.05) is 33.6 Å². The van der Waals surface area contributed by atoms with Crippen LogP contribution in [0.3, 0.4) is 0 Å². The van der Waals surface area contributed by atoms with Crippen LogP contribution >= 0.6 is 22.9 Å². The Morgan fingerprint density at radius 2 is 1.91 bits per heavy atom. The third-order valence-corrected chi connectivity index (χ3v) is 5.70. The first-order chi connectivity index (χ1) is 16.1. The predicted octanol–water partition coefficient (Wildman–Crippen LogP) is 4.08. The number of aldehydes is 1. The van der Waals surface area contributed by atoms with Gasteiger partial charge in [-0.2, -0.15) is 0 Å². The molecule has 0 spiro atoms. The van der Waals surface area contributed by atoms with Crippen molar-refractivity contribution in [2.24, 2.45) is 11.6 Å². The van der Waals surface area contributed by atoms with Gasteiger partial charge in [0.25, 0.3) is 0 Å². The number of thiophene rings is 1. The van der Waals surface area contributed by atoms with Crippen LogP contribution in [0.1, 0.15) is 23.5 Å². The summed E-state index contributed by atoms with van der Waals surface area (Å²) in [6, 6.07) is 14.4. The Hall–Kier alpha value is -3.11. The number of fused-ring (bicyclic) bond motifs is 1. The van der Waals surface area contributed by atoms with Crippen LogP contribution in [-0.2, 0) is 9.53 Å². The number of benzene rings is 2. The summed E-state index contributed by atoms with van der Waals surface area (Å²) in [5.41, 5.74) is 6.45. The number of hydrogen-bond donors (Lipinski definition) is 3. The minimum atomic E-state index is -0.784. The van der Waals surface area contributed by atoms with E-state index in [9.17, 15) is 9.59 Å². The first-order valence-corrected chi connectivity index (χ1v) is 11.5. The molecule has 0 aliphatic carbocycles. The molecule has 0 unspecified atom stereocenters. The summed E-state index contributed by atoms with van der Waals surface area (Å²) in [7, 11) is 3.17. The number of hydrogen-bond acceptors (Lipinski definition) is 9. The predicted molar refractivity (Wildman–Crippen MR) is 138 cm³/mol. The molecule has 0 saturated carbocycles. The smallest absolute Gasteiger partial charge is 0.348 e. The van der Waals surface area contributed by atoms with Crippen molar-refractivity contribution >= 4 is 51.0 Å². The summed E-state index contributed by atoms with van der Waals surface area (Å²) in [5.74, 6) is 6.34. The number of nitrogens with two attached hydrogens (primary N) is 2. The SMILES string of the molecule is CC(C)(C=O)Oc1ccc(Cl)cc1.CNC/C(N)=C/N(N)c1cccc2sc(C(=O)OC)cc12. The Kier molecular flexibility index (Phi) is 9.88. The van der Waals surface area contributed by atoms with Gasteiger partial charge in [-0.15, -0.1) is 11.3 Å². The van der Waals surface area contributed by atoms with Gasteiger partial charge in [0.15, 0.2) is 11.9 Å². The molecule has 5 N–H and O–H groups in total. The van der Waals surface area contributed by atoms with Gasteiger partial charge in [0.2, 0.25) is 0 Å². The highest BCUT2D eigenvalue weighted by molar-refractivity contribution is 7.20. The van der Waals surface area contributed by atoms with Gasteiger partial charge >= 0.3 is 5.97 Å². The Balaban J connectivity index is 0.000000270. The van der Waals surface area contributed by atoms with Crippen molar-refractivity contribution in [3.05, 3.63) is 70.3 Å². The van der Waals surface area contributed by atoms with E-state index < -0.39 is 5.60 Å². The summed E-state index contributed by atoms with van der Waals surface area (Å²) in [6.07, 6.45) is 2.42. The van der Waals surface area contributed by atoms with Gasteiger partial charge < -0.3 is 20.5 Å². The van der Waals surface area contributed by atoms with Gasteiger partial charge in [0.05, 0.1) is 12.8 Å². The first kappa shape index (κ1) is 27.1. The highest BCUT2D eigenvalue weighted by Gasteiger charge is 2.18. The van der Waals surface area contributed by atoms with E-state index in [0.717, 1.165) is 22.1 Å². The Bertz CT molecular complexity index is 1150. The molecule has 8 nitrogen and oxygen atoms in total. The van der Waals surface area contributed by atoms with E-state index >= 15 is 0 Å². The third-order valence-electron chi connectivity index (χ3n) is 4.37. The van der Waals surface area contributed by atoms with Gasteiger partial charge in [-0.05, 0) is 63.4 Å². The van der Waals surface area contributed by atoms with Crippen LogP contribution < -0.4 is 26.6 Å². The highest BCUT2D eigenvalue weighted by atomic mass is 35.5. The fourth-order valence-electron chi connectivity index (χ4n) is 2.80. The van der Waals surface area contributed by atoms with E-state index in [1.807, 2.05) is 25.2 Å². The number of hydrazine groups is 1. The normalized spacial score (nSPS) is 11.4. The van der Waals surface area contributed by atoms with Crippen LogP contribution in [-0.4, -0.2) is 38.6 Å². The maximum absolute atomic E-state index is 11.6. The van der Waals surface area contributed by atoms with Crippen LogP contribution in [0.2, 0.25) is 5.02 Å². The molecule has 0 radical (unpaired) electrons. The molecule has 3 rings (SSSR count). The van der Waals surface area contributed by atoms with Crippen molar-refractivity contribution in [2.45, 2.75) is 19.4 Å². The molecule has 34 heavy (non-hydrogen) atoms. The lowest BCUT2D eigenvalue weighted by molar-refractivity contribution is -0.119. The molecule has 0 aliphatic rings. The quantitative estimate of drug-likeness (QED) is 0.182. The second kappa shape index (κ2) is 12.4. The minimum absolute atomic E-state index is 0.351. The number of carbonyl (C=O) groups excluding carboxylic acids is 2. The molecule has 3 aromatic rings. The molecule has 0 fully saturated rings. The number of likely N-dealkylation sites (N-methyl/N-ethyl adjacent to an activating group) is 1. The Labute approximate surface area is 208 Å². The van der Waals surface area contributed by atoms with Crippen molar-refractivity contribution < 1.29 is 19.1 Å². The van der Waals surface area contributed by atoms with Crippen molar-refractivity contribution in [3.8, 4) is 5.75 Å². The Morgan fingerprint density at radius 3 is 2.50 bits per heavy atom. The fourth-order valence-corrected chi connectivity index (χ4v) is 3.93. The van der Waals surface area contributed by atoms with Crippen molar-refractivity contribution in [1.29, 1.82) is 0 Å². The molecule has 0 atom stereocenters. The summed E-state index contributed by atoms with van der Waals surface area (Å²) in [5, 5.41) is 5.95. The van der Waals surface area contributed by atoms with Crippen molar-refractivity contribution in [2.75, 3.05) is 25.7 Å². The van der Waals surface area contributed by atoms with Crippen molar-refractivity contribution in [1.82, 2.24) is 5.32 Å². The topological polar surface area (TPSA) is 120 Å². The van der Waals surface area contributed by atoms with E-state index in [1.54, 1.807) is 50.4 Å². The van der Waals surface area contributed by atoms with Crippen molar-refractivity contribution in [3.63, 3.8) is 0 Å². The average Bonchev–Trinajstić information content (AvgIpc) is 3.25. The second-order valence-corrected chi connectivity index (χ2v) is 9.23. The fraction of sp³-hybridized carbons (Fsp3) is 0.250. The van der Waals surface area contributed by atoms with E-state index in [2.05, 4.69) is 5.32 Å². The molecular formula is C24H29ClN4O4S. The molecule has 2 aromatic carbocycles. The molecule has 1 heterocycles. The first-order valence-electron chi connectivity index (χ1n) is 10.3. The number of carbonyl (C=O) groups is 2. The van der Waals surface area contributed by atoms with Gasteiger partial charge in [0.1, 0.15) is 10.6 Å². The molecule has 0 amide bonds. The van der Waals surface area contributed by atoms with E-state index in [1.165, 1.54) is 23.5 Å². The molecule has 0 saturated heterocycles. The van der Waals surface area contributed by atoms with Crippen LogP contribution in [0.5, 0.6) is 5.75 Å². The summed E-state index contributed by atoms with van der Waals surface area (Å²) >= 11 is 7.06. The molecule has 0 bridgehead atoms. The molecule has 10 heteroatoms. The lowest BCUT2D eigenvalue weighted by atomic mass is 10.2. The third kappa shape index (κ3) is 7.74. The zero-order chi connectivity index (χ0) is 25.3. The molecule has 182 valence electrons. The summed E-state index contributed by atoms with van der Waals surface area (Å²) in [4.78, 5) is 22.7. The number of esters is 1. The number of nitrogens with zero attached hydrogens (tertiary/aromatic N) is 1. The number of rotatable bonds is 8. The number of ether oxygens (including phenoxy) is 2. The zero-order valence-electron chi connectivity index (χ0n) is 19.5. The van der Waals surface area contributed by atoms with Crippen LogP contribution in [0, 0.1) is 0 Å². The monoisotopic (exact) mass is 504 g/mol. The van der Waals surface area contributed by atoms with Crippen LogP contribution in [0.15, 0.2) is 60.4 Å². The number of nitrogens with one attached hydrogen (secondary N) is 1. The zero-order valence-corrected chi connectivity index (χ0v) is 21.1. The Morgan fingerprint density at radius 1 is 1.24 bits per heavy atom. The van der Waals surface area contributed by atoms with E-state index in [0.29, 0.717) is 27.9 Å². The second-order valence-electron chi connectivity index (χ2n) is 7.71. The number of methoxy groups -OCH3 is 1. The molecule has 1 aromatic heterocycles. The van der Waals surface area contributed by atoms with E-state index in [4.69, 9.17) is 32.7 Å². The van der Waals surface area contributed by atoms with E-state index in [-0.39, 0.29) is 5.97 Å². The maximum atomic E-state index is 11.6. The molecule has 0 aliphatic heterocycles. The largest absolute Gasteiger partial charge is 0.480 e. The highest BCUT2D eigenvalue weighted by Crippen LogP contribution is 2.33. The summed E-state index contributed by atoms with van der Waals surface area (Å²) < 4.78 is 11.1. The lowest BCUT2D eigenvalue weighted by Crippen LogP contribution is -2.29. The maximum Gasteiger partial charge on any atom is 0.348 e. The van der Waals surface area contributed by atoms with Gasteiger partial charge in [-0.1, -0.05) is 17.7 Å². The molecular weight excluding hydrogens is 476 g/mol. The van der Waals surface area contributed by atoms with Crippen LogP contribution in [0.25, 0.3) is 10.1 Å². The average molecular weight is 505 g/mol. The van der Waals surface area contributed by atoms with Gasteiger partial charge in [-0.25, -0.2) is 10.6 Å². The lowest BCUT2D eigenvalue weighted by Gasteiger charge is -2.19.